The van der Waals surface area contributed by atoms with Gasteiger partial charge < -0.3 is 45.1 Å². The molecule has 1 fully saturated rings. The summed E-state index contributed by atoms with van der Waals surface area (Å²) in [5.41, 5.74) is 4.57. The first-order valence-electron chi connectivity index (χ1n) is 24.4. The topological polar surface area (TPSA) is 286 Å². The second kappa shape index (κ2) is 36.1. The minimum atomic E-state index is -5.45. The van der Waals surface area contributed by atoms with Gasteiger partial charge in [0.1, 0.15) is 30.7 Å². The van der Waals surface area contributed by atoms with E-state index in [4.69, 9.17) is 29.0 Å². The number of ether oxygens (including phenoxy) is 3. The number of nitrogens with zero attached hydrogens (tertiary/aromatic N) is 2. The maximum Gasteiger partial charge on any atom is 0.481 e. The fourth-order valence-electron chi connectivity index (χ4n) is 6.78. The molecule has 7 N–H and O–H groups in total. The Morgan fingerprint density at radius 3 is 2.09 bits per heavy atom. The molecule has 8 atom stereocenters. The lowest BCUT2D eigenvalue weighted by Gasteiger charge is -2.21. The Hall–Kier alpha value is -3.84. The largest absolute Gasteiger partial charge is 0.481 e. The van der Waals surface area contributed by atoms with Gasteiger partial charge in [0, 0.05) is 19.0 Å². The molecule has 3 unspecified atom stereocenters. The molecule has 0 saturated carbocycles. The number of esters is 2. The molecule has 0 radical (unpaired) electrons. The minimum Gasteiger partial charge on any atom is -0.462 e. The van der Waals surface area contributed by atoms with E-state index in [2.05, 4.69) is 42.2 Å². The molecule has 0 bridgehead atoms. The van der Waals surface area contributed by atoms with Gasteiger partial charge >= 0.3 is 33.3 Å². The molecule has 2 rings (SSSR count). The Morgan fingerprint density at radius 2 is 1.41 bits per heavy atom. The van der Waals surface area contributed by atoms with Crippen molar-refractivity contribution in [2.75, 3.05) is 25.6 Å². The lowest BCUT2D eigenvalue weighted by atomic mass is 10.0. The highest BCUT2D eigenvalue weighted by Gasteiger charge is 2.46. The summed E-state index contributed by atoms with van der Waals surface area (Å²) in [5, 5.41) is 30.9. The zero-order valence-corrected chi connectivity index (χ0v) is 42.9. The van der Waals surface area contributed by atoms with Gasteiger partial charge in [0.05, 0.1) is 19.3 Å². The molecule has 0 spiro atoms. The summed E-state index contributed by atoms with van der Waals surface area (Å²) in [5.74, 6) is -0.718. The van der Waals surface area contributed by atoms with Crippen LogP contribution in [0.15, 0.2) is 90.0 Å². The Balaban J connectivity index is 1.85. The number of carbonyl (C=O) groups is 2. The molecule has 1 aliphatic heterocycles. The number of nitrogen functional groups attached to an aromatic ring is 1. The van der Waals surface area contributed by atoms with Gasteiger partial charge in [-0.2, -0.15) is 9.29 Å². The number of hydrogen-bond acceptors (Lipinski definition) is 16. The average Bonchev–Trinajstić information content (AvgIpc) is 3.58. The lowest BCUT2D eigenvalue weighted by molar-refractivity contribution is -0.161. The summed E-state index contributed by atoms with van der Waals surface area (Å²) in [6.07, 6.45) is 30.5. The van der Waals surface area contributed by atoms with Crippen molar-refractivity contribution in [2.45, 2.75) is 173 Å². The molecule has 1 aromatic rings. The summed E-state index contributed by atoms with van der Waals surface area (Å²) in [4.78, 5) is 61.8. The summed E-state index contributed by atoms with van der Waals surface area (Å²) in [6.45, 7) is 4.13. The number of phosphoric ester groups is 2. The SMILES string of the molecule is CC/C=C\C/C=C\CC(O)/C=C/C=C\C/C=C\C/C=C\CCC(=O)OC[C@H](COP(=O)(O)OP(=O)(O)OC[C@H]1O[C@@H](n2ccc(N)nc2=O)[C@H](O)[C@@H]1O)OC(=O)CCCCCCCCCCCC(C)C. The molecule has 2 heterocycles. The van der Waals surface area contributed by atoms with Crippen LogP contribution < -0.4 is 11.4 Å². The Bertz CT molecular complexity index is 1990. The summed E-state index contributed by atoms with van der Waals surface area (Å²) < 4.78 is 56.6. The predicted octanol–water partition coefficient (Wildman–Crippen LogP) is 8.55. The van der Waals surface area contributed by atoms with Crippen molar-refractivity contribution in [2.24, 2.45) is 5.92 Å². The Morgan fingerprint density at radius 1 is 0.800 bits per heavy atom. The molecular formula is C49H79N3O16P2. The maximum absolute atomic E-state index is 12.8. The van der Waals surface area contributed by atoms with Crippen molar-refractivity contribution < 1.29 is 71.4 Å². The molecule has 1 aromatic heterocycles. The summed E-state index contributed by atoms with van der Waals surface area (Å²) in [6, 6.07) is 1.24. The molecule has 21 heteroatoms. The van der Waals surface area contributed by atoms with Crippen LogP contribution in [0.5, 0.6) is 0 Å². The molecule has 1 saturated heterocycles. The van der Waals surface area contributed by atoms with Crippen molar-refractivity contribution in [3.05, 3.63) is 95.7 Å². The van der Waals surface area contributed by atoms with Crippen molar-refractivity contribution >= 4 is 33.4 Å². The highest BCUT2D eigenvalue weighted by molar-refractivity contribution is 7.61. The number of rotatable bonds is 38. The van der Waals surface area contributed by atoms with Gasteiger partial charge in [-0.25, -0.2) is 13.9 Å². The number of aliphatic hydroxyl groups is 3. The summed E-state index contributed by atoms with van der Waals surface area (Å²) in [7, 11) is -10.9. The maximum atomic E-state index is 12.8. The Labute approximate surface area is 413 Å². The normalized spacial score (nSPS) is 20.4. The summed E-state index contributed by atoms with van der Waals surface area (Å²) >= 11 is 0. The molecule has 0 aromatic carbocycles. The number of hydrogen-bond donors (Lipinski definition) is 6. The lowest BCUT2D eigenvalue weighted by Crippen LogP contribution is -2.36. The quantitative estimate of drug-likeness (QED) is 0.0119. The fourth-order valence-corrected chi connectivity index (χ4v) is 8.89. The molecule has 19 nitrogen and oxygen atoms in total. The number of anilines is 1. The van der Waals surface area contributed by atoms with E-state index in [0.29, 0.717) is 32.1 Å². The highest BCUT2D eigenvalue weighted by atomic mass is 31.3. The zero-order chi connectivity index (χ0) is 51.6. The number of nitrogens with two attached hydrogens (primary N) is 1. The van der Waals surface area contributed by atoms with Crippen molar-refractivity contribution in [3.8, 4) is 0 Å². The van der Waals surface area contributed by atoms with E-state index in [1.165, 1.54) is 38.2 Å². The van der Waals surface area contributed by atoms with Gasteiger partial charge in [-0.15, -0.1) is 0 Å². The molecule has 0 amide bonds. The van der Waals surface area contributed by atoms with Crippen LogP contribution in [-0.2, 0) is 46.3 Å². The van der Waals surface area contributed by atoms with E-state index >= 15 is 0 Å². The second-order valence-electron chi connectivity index (χ2n) is 17.3. The van der Waals surface area contributed by atoms with Crippen LogP contribution in [0.2, 0.25) is 0 Å². The van der Waals surface area contributed by atoms with Gasteiger partial charge in [-0.3, -0.25) is 23.2 Å². The Kier molecular flexibility index (Phi) is 32.1. The standard InChI is InChI=1S/C49H79N3O16P2/c1-4-5-6-7-20-25-30-40(53)31-26-21-16-12-8-9-13-17-22-27-32-44(54)63-36-41(66-45(55)33-28-23-18-14-10-11-15-19-24-29-39(2)3)37-64-69(59,60)68-70(61,62)65-38-42-46(56)47(57)48(67-42)52-35-34-43(50)51-49(52)58/h5-6,8-9,16-17,20-22,25-26,31,34-35,39-42,46-48,53,56-57H,4,7,10-15,18-19,23-24,27-30,32-33,36-38H2,1-3H3,(H,59,60)(H,61,62)(H2,50,51,58)/b6-5-,9-8-,21-16-,22-17-,25-20-,31-26+/t40?,41-,42-,46-,47-,48-/m1/s1. The van der Waals surface area contributed by atoms with Crippen LogP contribution in [0.1, 0.15) is 143 Å². The number of allylic oxidation sites excluding steroid dienone is 10. The van der Waals surface area contributed by atoms with Crippen LogP contribution in [0.25, 0.3) is 0 Å². The number of carbonyl (C=O) groups excluding carboxylic acids is 2. The first-order valence-corrected chi connectivity index (χ1v) is 27.4. The molecule has 70 heavy (non-hydrogen) atoms. The van der Waals surface area contributed by atoms with E-state index in [9.17, 15) is 48.6 Å². The molecule has 0 aliphatic carbocycles. The van der Waals surface area contributed by atoms with Gasteiger partial charge in [0.2, 0.25) is 0 Å². The molecular weight excluding hydrogens is 948 g/mol. The number of aromatic nitrogens is 2. The zero-order valence-electron chi connectivity index (χ0n) is 41.1. The number of unbranched alkanes of at least 4 members (excludes halogenated alkanes) is 8. The first kappa shape index (κ1) is 62.3. The van der Waals surface area contributed by atoms with E-state index in [0.717, 1.165) is 55.2 Å². The van der Waals surface area contributed by atoms with E-state index in [-0.39, 0.29) is 18.7 Å². The van der Waals surface area contributed by atoms with Crippen molar-refractivity contribution in [1.82, 2.24) is 9.55 Å². The monoisotopic (exact) mass is 1030 g/mol. The first-order chi connectivity index (χ1) is 33.4. The second-order valence-corrected chi connectivity index (χ2v) is 20.3. The average molecular weight is 1030 g/mol. The van der Waals surface area contributed by atoms with Crippen LogP contribution in [0, 0.1) is 5.92 Å². The van der Waals surface area contributed by atoms with Crippen molar-refractivity contribution in [1.29, 1.82) is 0 Å². The van der Waals surface area contributed by atoms with Gasteiger partial charge in [0.15, 0.2) is 12.3 Å². The third kappa shape index (κ3) is 29.5. The van der Waals surface area contributed by atoms with Crippen LogP contribution in [0.4, 0.5) is 5.82 Å². The smallest absolute Gasteiger partial charge is 0.462 e. The predicted molar refractivity (Wildman–Crippen MR) is 267 cm³/mol. The third-order valence-corrected chi connectivity index (χ3v) is 13.2. The van der Waals surface area contributed by atoms with Gasteiger partial charge in [-0.05, 0) is 56.9 Å². The van der Waals surface area contributed by atoms with Crippen molar-refractivity contribution in [3.63, 3.8) is 0 Å². The van der Waals surface area contributed by atoms with Crippen LogP contribution in [-0.4, -0.2) is 96.9 Å². The number of aliphatic hydroxyl groups excluding tert-OH is 3. The fraction of sp³-hybridized carbons (Fsp3) is 0.633. The number of phosphoric acid groups is 2. The van der Waals surface area contributed by atoms with E-state index < -0.39 is 89.8 Å². The van der Waals surface area contributed by atoms with E-state index in [1.807, 2.05) is 54.7 Å². The van der Waals surface area contributed by atoms with Crippen LogP contribution >= 0.6 is 15.6 Å². The molecule has 396 valence electrons. The van der Waals surface area contributed by atoms with Gasteiger partial charge in [-0.1, -0.05) is 151 Å². The van der Waals surface area contributed by atoms with Gasteiger partial charge in [0.25, 0.3) is 0 Å². The molecule has 1 aliphatic rings. The van der Waals surface area contributed by atoms with E-state index in [1.54, 1.807) is 6.08 Å². The minimum absolute atomic E-state index is 0.0211. The third-order valence-electron chi connectivity index (χ3n) is 10.6. The van der Waals surface area contributed by atoms with Crippen LogP contribution in [0.3, 0.4) is 0 Å². The highest BCUT2D eigenvalue weighted by Crippen LogP contribution is 2.60.